The molecule has 0 aromatic heterocycles. The Hall–Kier alpha value is 0.350. The Morgan fingerprint density at radius 1 is 0.810 bits per heavy atom. The van der Waals surface area contributed by atoms with Crippen LogP contribution in [0.4, 0.5) is 0 Å². The van der Waals surface area contributed by atoms with Gasteiger partial charge in [-0.15, -0.1) is 26.3 Å². The molecule has 0 saturated carbocycles. The Morgan fingerprint density at radius 3 is 1.10 bits per heavy atom. The van der Waals surface area contributed by atoms with Crippen molar-refractivity contribution in [1.82, 2.24) is 0 Å². The Bertz CT molecular complexity index is 331. The predicted molar refractivity (Wildman–Crippen MR) is 99.3 cm³/mol. The fraction of sp³-hybridized carbons (Fsp3) is 0.444. The summed E-state index contributed by atoms with van der Waals surface area (Å²) in [6.07, 6.45) is 11.0. The van der Waals surface area contributed by atoms with Gasteiger partial charge in [0.1, 0.15) is 0 Å². The van der Waals surface area contributed by atoms with E-state index >= 15 is 0 Å². The standard InChI is InChI=1S/2C8H11.2CH3.ClH.H2Si.Zr/c2*1-6-4-7(2)8(3)5-6;;;;;/h2*4,6H,1-3H3;2*1H3;1H;1H2;/q4*-1;;;. The summed E-state index contributed by atoms with van der Waals surface area (Å²) in [5.41, 5.74) is 5.41. The Morgan fingerprint density at radius 2 is 1.05 bits per heavy atom. The molecule has 2 aliphatic carbocycles. The van der Waals surface area contributed by atoms with Gasteiger partial charge in [0.2, 0.25) is 0 Å². The first-order valence-electron chi connectivity index (χ1n) is 6.33. The van der Waals surface area contributed by atoms with Gasteiger partial charge < -0.3 is 14.9 Å². The molecular weight excluding hydrogens is 371 g/mol. The van der Waals surface area contributed by atoms with E-state index in [1.165, 1.54) is 22.3 Å². The molecule has 0 aliphatic heterocycles. The first kappa shape index (κ1) is 29.4. The van der Waals surface area contributed by atoms with Gasteiger partial charge in [0.05, 0.1) is 0 Å². The van der Waals surface area contributed by atoms with E-state index in [0.29, 0.717) is 11.8 Å². The summed E-state index contributed by atoms with van der Waals surface area (Å²) in [7, 11) is 0. The van der Waals surface area contributed by atoms with Crippen molar-refractivity contribution in [3.63, 3.8) is 0 Å². The van der Waals surface area contributed by atoms with Gasteiger partial charge in [0.15, 0.2) is 0 Å². The van der Waals surface area contributed by atoms with Crippen LogP contribution in [0.3, 0.4) is 0 Å². The van der Waals surface area contributed by atoms with Crippen LogP contribution in [-0.4, -0.2) is 6.88 Å². The summed E-state index contributed by atoms with van der Waals surface area (Å²) in [5.74, 6) is 1.10. The van der Waals surface area contributed by atoms with E-state index in [9.17, 15) is 0 Å². The number of halogens is 1. The van der Waals surface area contributed by atoms with Gasteiger partial charge in [-0.25, -0.2) is 22.3 Å². The first-order chi connectivity index (χ1) is 8.40. The normalized spacial score (nSPS) is 21.2. The molecule has 0 radical (unpaired) electrons. The molecule has 0 spiro atoms. The van der Waals surface area contributed by atoms with Gasteiger partial charge in [0.25, 0.3) is 0 Å². The van der Waals surface area contributed by atoms with Gasteiger partial charge in [-0.1, -0.05) is 39.5 Å². The van der Waals surface area contributed by atoms with Gasteiger partial charge >= 0.3 is 30.2 Å². The van der Waals surface area contributed by atoms with Crippen LogP contribution in [0.1, 0.15) is 41.5 Å². The molecule has 0 saturated heterocycles. The molecule has 122 valence electrons. The number of hydrogen-bond acceptors (Lipinski definition) is 0. The molecule has 2 aliphatic rings. The molecule has 2 atom stereocenters. The molecule has 0 nitrogen and oxygen atoms in total. The SMILES string of the molecule is CC1=[C-]C(C)C=C1C.CC1=[C-]C(C)C=C1C.Cl.[CH3-].[CH3-].[SiH2]=[Zr]. The Kier molecular flexibility index (Phi) is 21.3. The second-order valence-electron chi connectivity index (χ2n) is 4.82. The monoisotopic (exact) mass is 400 g/mol. The topological polar surface area (TPSA) is 0 Å². The van der Waals surface area contributed by atoms with Crippen LogP contribution >= 0.6 is 12.4 Å². The molecule has 2 rings (SSSR count). The number of hydrogen-bond donors (Lipinski definition) is 0. The first-order valence-corrected chi connectivity index (χ1v) is 12.3. The average molecular weight is 402 g/mol. The third-order valence-corrected chi connectivity index (χ3v) is 3.07. The number of allylic oxidation sites excluding steroid dienone is 8. The van der Waals surface area contributed by atoms with Crippen molar-refractivity contribution in [1.29, 1.82) is 0 Å². The van der Waals surface area contributed by atoms with Crippen LogP contribution in [0.2, 0.25) is 0 Å². The van der Waals surface area contributed by atoms with E-state index in [4.69, 9.17) is 0 Å². The minimum absolute atomic E-state index is 0. The summed E-state index contributed by atoms with van der Waals surface area (Å²) in [6.45, 7) is 14.7. The maximum absolute atomic E-state index is 3.29. The Labute approximate surface area is 156 Å². The zero-order valence-corrected chi connectivity index (χ0v) is 19.6. The summed E-state index contributed by atoms with van der Waals surface area (Å²) in [6, 6.07) is 0. The summed E-state index contributed by atoms with van der Waals surface area (Å²) in [5, 5.41) is 0. The molecule has 0 N–H and O–H groups in total. The quantitative estimate of drug-likeness (QED) is 0.392. The zero-order valence-electron chi connectivity index (χ0n) is 14.9. The molecular formula is C18H31ClSiZr-4. The van der Waals surface area contributed by atoms with Crippen LogP contribution in [0.15, 0.2) is 34.4 Å². The van der Waals surface area contributed by atoms with Gasteiger partial charge in [-0.2, -0.15) is 12.2 Å². The second kappa shape index (κ2) is 15.3. The molecule has 0 bridgehead atoms. The van der Waals surface area contributed by atoms with Crippen LogP contribution in [0.5, 0.6) is 0 Å². The molecule has 0 fully saturated rings. The van der Waals surface area contributed by atoms with E-state index in [-0.39, 0.29) is 27.3 Å². The van der Waals surface area contributed by atoms with E-state index in [0.717, 1.165) is 0 Å². The fourth-order valence-electron chi connectivity index (χ4n) is 1.99. The van der Waals surface area contributed by atoms with Crippen LogP contribution in [-0.2, 0) is 23.3 Å². The van der Waals surface area contributed by atoms with Crippen molar-refractivity contribution in [2.24, 2.45) is 11.8 Å². The Balaban J connectivity index is -0.000000109. The van der Waals surface area contributed by atoms with Crippen molar-refractivity contribution >= 4 is 19.3 Å². The third-order valence-electron chi connectivity index (χ3n) is 3.07. The van der Waals surface area contributed by atoms with Gasteiger partial charge in [0, 0.05) is 0 Å². The van der Waals surface area contributed by atoms with Crippen molar-refractivity contribution in [3.8, 4) is 0 Å². The minimum atomic E-state index is 0. The van der Waals surface area contributed by atoms with E-state index in [1.807, 2.05) is 6.88 Å². The number of rotatable bonds is 0. The molecule has 0 aromatic rings. The summed E-state index contributed by atoms with van der Waals surface area (Å²) >= 11 is 1.58. The molecule has 3 heteroatoms. The second-order valence-corrected chi connectivity index (χ2v) is 4.82. The summed E-state index contributed by atoms with van der Waals surface area (Å²) in [4.78, 5) is 0. The van der Waals surface area contributed by atoms with Gasteiger partial charge in [-0.3, -0.25) is 12.2 Å². The van der Waals surface area contributed by atoms with Gasteiger partial charge in [-0.05, 0) is 0 Å². The molecule has 2 unspecified atom stereocenters. The molecule has 0 heterocycles. The molecule has 21 heavy (non-hydrogen) atoms. The van der Waals surface area contributed by atoms with E-state index < -0.39 is 0 Å². The van der Waals surface area contributed by atoms with Crippen molar-refractivity contribution in [2.75, 3.05) is 0 Å². The molecule has 0 aromatic carbocycles. The van der Waals surface area contributed by atoms with Crippen LogP contribution in [0.25, 0.3) is 0 Å². The average Bonchev–Trinajstić information content (AvgIpc) is 2.74. The fourth-order valence-corrected chi connectivity index (χ4v) is 1.99. The third kappa shape index (κ3) is 11.6. The van der Waals surface area contributed by atoms with Crippen molar-refractivity contribution in [3.05, 3.63) is 61.4 Å². The summed E-state index contributed by atoms with van der Waals surface area (Å²) < 4.78 is 0. The van der Waals surface area contributed by atoms with E-state index in [2.05, 4.69) is 65.8 Å². The predicted octanol–water partition coefficient (Wildman–Crippen LogP) is 5.07. The maximum atomic E-state index is 3.29. The zero-order chi connectivity index (χ0) is 14.3. The van der Waals surface area contributed by atoms with Crippen molar-refractivity contribution < 1.29 is 23.3 Å². The van der Waals surface area contributed by atoms with E-state index in [1.54, 1.807) is 23.3 Å². The molecule has 0 amide bonds. The van der Waals surface area contributed by atoms with Crippen LogP contribution in [0, 0.1) is 38.8 Å². The van der Waals surface area contributed by atoms with Crippen LogP contribution < -0.4 is 0 Å². The van der Waals surface area contributed by atoms with Crippen molar-refractivity contribution in [2.45, 2.75) is 41.5 Å².